The van der Waals surface area contributed by atoms with Crippen LogP contribution in [0.3, 0.4) is 0 Å². The molecule has 0 aliphatic rings. The molecule has 0 unspecified atom stereocenters. The standard InChI is InChI=1S/C2HF5O4S/c3-1(4,5)11-2(6,7)12(8,9)10/h(H,8,9,10). The first-order chi connectivity index (χ1) is 4.96. The van der Waals surface area contributed by atoms with Gasteiger partial charge in [-0.15, -0.1) is 13.2 Å². The zero-order valence-corrected chi connectivity index (χ0v) is 5.79. The molecule has 1 N–H and O–H groups in total. The van der Waals surface area contributed by atoms with Crippen LogP contribution in [0.2, 0.25) is 0 Å². The van der Waals surface area contributed by atoms with Crippen LogP contribution < -0.4 is 0 Å². The maximum Gasteiger partial charge on any atom is 0.528 e. The summed E-state index contributed by atoms with van der Waals surface area (Å²) < 4.78 is 84.7. The van der Waals surface area contributed by atoms with E-state index in [0.717, 1.165) is 0 Å². The Labute approximate surface area is 62.7 Å². The van der Waals surface area contributed by atoms with E-state index in [-0.39, 0.29) is 0 Å². The van der Waals surface area contributed by atoms with E-state index < -0.39 is 21.9 Å². The van der Waals surface area contributed by atoms with Crippen LogP contribution in [0, 0.1) is 0 Å². The Balaban J connectivity index is 4.68. The average Bonchev–Trinajstić information content (AvgIpc) is 1.52. The maximum atomic E-state index is 11.6. The van der Waals surface area contributed by atoms with E-state index in [0.29, 0.717) is 0 Å². The van der Waals surface area contributed by atoms with Crippen LogP contribution in [0.1, 0.15) is 0 Å². The minimum Gasteiger partial charge on any atom is -0.279 e. The molecule has 10 heteroatoms. The Bertz CT molecular complexity index is 251. The van der Waals surface area contributed by atoms with Gasteiger partial charge in [0.25, 0.3) is 0 Å². The molecule has 0 aliphatic heterocycles. The normalized spacial score (nSPS) is 14.8. The summed E-state index contributed by atoms with van der Waals surface area (Å²) in [6, 6.07) is 0. The van der Waals surface area contributed by atoms with E-state index in [4.69, 9.17) is 4.55 Å². The van der Waals surface area contributed by atoms with Crippen LogP contribution in [-0.2, 0) is 14.9 Å². The van der Waals surface area contributed by atoms with Crippen molar-refractivity contribution in [3.8, 4) is 0 Å². The van der Waals surface area contributed by atoms with Crippen molar-refractivity contribution >= 4 is 10.1 Å². The second-order valence-electron chi connectivity index (χ2n) is 1.49. The lowest BCUT2D eigenvalue weighted by atomic mass is 11.2. The molecule has 0 aromatic carbocycles. The molecule has 74 valence electrons. The minimum atomic E-state index is -6.21. The van der Waals surface area contributed by atoms with E-state index in [1.165, 1.54) is 0 Å². The Kier molecular flexibility index (Phi) is 2.67. The number of ether oxygens (including phenoxy) is 1. The van der Waals surface area contributed by atoms with Gasteiger partial charge in [-0.25, -0.2) is 4.74 Å². The van der Waals surface area contributed by atoms with Crippen molar-refractivity contribution in [3.63, 3.8) is 0 Å². The Morgan fingerprint density at radius 2 is 1.42 bits per heavy atom. The van der Waals surface area contributed by atoms with Gasteiger partial charge in [-0.1, -0.05) is 0 Å². The molecular weight excluding hydrogens is 215 g/mol. The van der Waals surface area contributed by atoms with Crippen LogP contribution >= 0.6 is 0 Å². The highest BCUT2D eigenvalue weighted by Crippen LogP contribution is 2.31. The predicted octanol–water partition coefficient (Wildman–Crippen LogP) is 0.961. The lowest BCUT2D eigenvalue weighted by Crippen LogP contribution is -2.37. The summed E-state index contributed by atoms with van der Waals surface area (Å²) >= 11 is 0. The molecule has 0 spiro atoms. The van der Waals surface area contributed by atoms with Crippen molar-refractivity contribution in [3.05, 3.63) is 0 Å². The number of rotatable bonds is 2. The van der Waals surface area contributed by atoms with E-state index in [2.05, 4.69) is 0 Å². The first-order valence-corrected chi connectivity index (χ1v) is 3.51. The molecule has 0 bridgehead atoms. The highest BCUT2D eigenvalue weighted by atomic mass is 32.2. The first-order valence-electron chi connectivity index (χ1n) is 2.07. The van der Waals surface area contributed by atoms with Gasteiger partial charge >= 0.3 is 21.9 Å². The fourth-order valence-corrected chi connectivity index (χ4v) is 0.387. The van der Waals surface area contributed by atoms with Crippen molar-refractivity contribution in [1.29, 1.82) is 0 Å². The van der Waals surface area contributed by atoms with E-state index in [1.54, 1.807) is 0 Å². The van der Waals surface area contributed by atoms with Crippen LogP contribution in [0.25, 0.3) is 0 Å². The van der Waals surface area contributed by atoms with Gasteiger partial charge in [-0.05, 0) is 0 Å². The van der Waals surface area contributed by atoms with Gasteiger partial charge in [-0.2, -0.15) is 17.2 Å². The van der Waals surface area contributed by atoms with Gasteiger partial charge in [0.2, 0.25) is 0 Å². The zero-order chi connectivity index (χ0) is 10.2. The highest BCUT2D eigenvalue weighted by molar-refractivity contribution is 7.86. The van der Waals surface area contributed by atoms with Gasteiger partial charge in [0, 0.05) is 0 Å². The summed E-state index contributed by atoms with van der Waals surface area (Å²) in [4.78, 5) is 0. The summed E-state index contributed by atoms with van der Waals surface area (Å²) in [5.41, 5.74) is -5.68. The van der Waals surface area contributed by atoms with Crippen LogP contribution in [0.4, 0.5) is 22.0 Å². The smallest absolute Gasteiger partial charge is 0.279 e. The zero-order valence-electron chi connectivity index (χ0n) is 4.97. The van der Waals surface area contributed by atoms with Crippen LogP contribution in [0.5, 0.6) is 0 Å². The largest absolute Gasteiger partial charge is 0.528 e. The fraction of sp³-hybridized carbons (Fsp3) is 1.00. The third-order valence-corrected chi connectivity index (χ3v) is 1.22. The molecule has 4 nitrogen and oxygen atoms in total. The van der Waals surface area contributed by atoms with Gasteiger partial charge in [0.05, 0.1) is 0 Å². The summed E-state index contributed by atoms with van der Waals surface area (Å²) in [5, 5.41) is 0. The monoisotopic (exact) mass is 216 g/mol. The minimum absolute atomic E-state index is 1.82. The van der Waals surface area contributed by atoms with Gasteiger partial charge < -0.3 is 0 Å². The molecule has 0 amide bonds. The van der Waals surface area contributed by atoms with E-state index in [1.807, 2.05) is 4.74 Å². The molecule has 0 saturated heterocycles. The van der Waals surface area contributed by atoms with Crippen molar-refractivity contribution in [2.45, 2.75) is 11.8 Å². The van der Waals surface area contributed by atoms with Gasteiger partial charge in [-0.3, -0.25) is 4.55 Å². The molecule has 0 atom stereocenters. The molecule has 0 aromatic rings. The molecule has 0 radical (unpaired) electrons. The highest BCUT2D eigenvalue weighted by Gasteiger charge is 2.54. The first kappa shape index (κ1) is 11.5. The summed E-state index contributed by atoms with van der Waals surface area (Å²) in [7, 11) is -6.21. The fourth-order valence-electron chi connectivity index (χ4n) is 0.187. The van der Waals surface area contributed by atoms with Crippen molar-refractivity contribution in [2.75, 3.05) is 0 Å². The Morgan fingerprint density at radius 3 is 1.50 bits per heavy atom. The quantitative estimate of drug-likeness (QED) is 0.551. The maximum absolute atomic E-state index is 11.6. The van der Waals surface area contributed by atoms with Gasteiger partial charge in [0.1, 0.15) is 0 Å². The summed E-state index contributed by atoms with van der Waals surface area (Å²) in [6.07, 6.45) is -5.85. The topological polar surface area (TPSA) is 63.6 Å². The Morgan fingerprint density at radius 1 is 1.08 bits per heavy atom. The molecular formula is C2HF5O4S. The molecule has 0 fully saturated rings. The van der Waals surface area contributed by atoms with Crippen molar-refractivity contribution < 1.29 is 39.7 Å². The average molecular weight is 216 g/mol. The molecule has 12 heavy (non-hydrogen) atoms. The molecule has 0 aliphatic carbocycles. The number of hydrogen-bond acceptors (Lipinski definition) is 3. The predicted molar refractivity (Wildman–Crippen MR) is 23.6 cm³/mol. The SMILES string of the molecule is O=S(=O)(O)C(F)(F)OC(F)(F)F. The molecule has 0 rings (SSSR count). The summed E-state index contributed by atoms with van der Waals surface area (Å²) in [5.74, 6) is 0. The number of alkyl halides is 5. The molecule has 0 heterocycles. The van der Waals surface area contributed by atoms with E-state index in [9.17, 15) is 30.4 Å². The van der Waals surface area contributed by atoms with Crippen LogP contribution in [0.15, 0.2) is 0 Å². The van der Waals surface area contributed by atoms with Crippen molar-refractivity contribution in [2.24, 2.45) is 0 Å². The molecule has 0 saturated carbocycles. The van der Waals surface area contributed by atoms with Crippen LogP contribution in [-0.4, -0.2) is 24.8 Å². The number of halogens is 5. The van der Waals surface area contributed by atoms with Gasteiger partial charge in [0.15, 0.2) is 0 Å². The lowest BCUT2D eigenvalue weighted by molar-refractivity contribution is -0.398. The number of hydrogen-bond donors (Lipinski definition) is 1. The summed E-state index contributed by atoms with van der Waals surface area (Å²) in [6.45, 7) is 0. The third-order valence-electron chi connectivity index (χ3n) is 0.535. The van der Waals surface area contributed by atoms with E-state index >= 15 is 0 Å². The lowest BCUT2D eigenvalue weighted by Gasteiger charge is -2.14. The Hall–Kier alpha value is -0.480. The second-order valence-corrected chi connectivity index (χ2v) is 2.91. The molecule has 0 aromatic heterocycles. The second kappa shape index (κ2) is 2.78. The van der Waals surface area contributed by atoms with Crippen molar-refractivity contribution in [1.82, 2.24) is 0 Å². The third kappa shape index (κ3) is 3.28.